The highest BCUT2D eigenvalue weighted by Gasteiger charge is 2.21. The van der Waals surface area contributed by atoms with Crippen molar-refractivity contribution in [2.75, 3.05) is 26.8 Å². The predicted octanol–water partition coefficient (Wildman–Crippen LogP) is 2.19. The highest BCUT2D eigenvalue weighted by atomic mass is 16.6. The number of carbonyl (C=O) groups is 2. The fourth-order valence-corrected chi connectivity index (χ4v) is 2.66. The molecule has 0 bridgehead atoms. The van der Waals surface area contributed by atoms with E-state index >= 15 is 0 Å². The third-order valence-electron chi connectivity index (χ3n) is 4.20. The number of nitro groups is 1. The number of esters is 1. The minimum absolute atomic E-state index is 0.150. The van der Waals surface area contributed by atoms with E-state index in [1.54, 1.807) is 30.3 Å². The molecule has 0 aliphatic carbocycles. The van der Waals surface area contributed by atoms with Crippen molar-refractivity contribution >= 4 is 17.6 Å². The number of hydrogen-bond acceptors (Lipinski definition) is 8. The summed E-state index contributed by atoms with van der Waals surface area (Å²) < 4.78 is 16.1. The van der Waals surface area contributed by atoms with Crippen molar-refractivity contribution in [3.63, 3.8) is 0 Å². The molecule has 0 spiro atoms. The van der Waals surface area contributed by atoms with Gasteiger partial charge in [-0.1, -0.05) is 18.2 Å². The number of benzene rings is 2. The molecule has 2 aromatic rings. The molecule has 2 aromatic carbocycles. The molecule has 0 saturated heterocycles. The van der Waals surface area contributed by atoms with E-state index < -0.39 is 10.9 Å². The average molecular weight is 431 g/mol. The van der Waals surface area contributed by atoms with Crippen LogP contribution in [-0.2, 0) is 16.1 Å². The summed E-state index contributed by atoms with van der Waals surface area (Å²) in [4.78, 5) is 34.6. The zero-order chi connectivity index (χ0) is 22.6. The second-order valence-electron chi connectivity index (χ2n) is 6.42. The summed E-state index contributed by atoms with van der Waals surface area (Å²) in [6.07, 6.45) is 0.641. The van der Waals surface area contributed by atoms with Gasteiger partial charge in [0.1, 0.15) is 6.61 Å². The van der Waals surface area contributed by atoms with E-state index in [1.807, 2.05) is 0 Å². The van der Waals surface area contributed by atoms with Crippen LogP contribution in [0.25, 0.3) is 0 Å². The van der Waals surface area contributed by atoms with Gasteiger partial charge in [-0.2, -0.15) is 0 Å². The first-order chi connectivity index (χ1) is 15.0. The van der Waals surface area contributed by atoms with Crippen LogP contribution in [0.15, 0.2) is 42.5 Å². The number of methoxy groups -OCH3 is 1. The Morgan fingerprint density at radius 3 is 2.55 bits per heavy atom. The molecule has 0 aliphatic heterocycles. The number of ether oxygens (including phenoxy) is 3. The molecule has 166 valence electrons. The van der Waals surface area contributed by atoms with E-state index in [4.69, 9.17) is 19.9 Å². The van der Waals surface area contributed by atoms with Gasteiger partial charge in [0, 0.05) is 19.5 Å². The lowest BCUT2D eigenvalue weighted by Gasteiger charge is -2.13. The van der Waals surface area contributed by atoms with Crippen LogP contribution in [0.1, 0.15) is 28.8 Å². The Kier molecular flexibility index (Phi) is 9.24. The zero-order valence-corrected chi connectivity index (χ0v) is 17.2. The summed E-state index contributed by atoms with van der Waals surface area (Å²) in [7, 11) is 1.40. The van der Waals surface area contributed by atoms with Gasteiger partial charge in [-0.3, -0.25) is 14.9 Å². The number of nitro benzene ring substituents is 1. The van der Waals surface area contributed by atoms with Gasteiger partial charge in [-0.25, -0.2) is 4.79 Å². The number of amides is 1. The summed E-state index contributed by atoms with van der Waals surface area (Å²) in [5.41, 5.74) is 5.56. The number of hydrogen-bond donors (Lipinski definition) is 2. The molecule has 3 N–H and O–H groups in total. The van der Waals surface area contributed by atoms with E-state index in [2.05, 4.69) is 5.32 Å². The molecule has 0 atom stereocenters. The number of nitrogens with zero attached hydrogens (tertiary/aromatic N) is 1. The zero-order valence-electron chi connectivity index (χ0n) is 17.2. The smallest absolute Gasteiger partial charge is 0.338 e. The Morgan fingerprint density at radius 2 is 1.90 bits per heavy atom. The van der Waals surface area contributed by atoms with Crippen LogP contribution in [0.3, 0.4) is 0 Å². The van der Waals surface area contributed by atoms with Crippen LogP contribution < -0.4 is 20.5 Å². The fraction of sp³-hybridized carbons (Fsp3) is 0.333. The topological polar surface area (TPSA) is 143 Å². The Bertz CT molecular complexity index is 903. The molecule has 1 amide bonds. The molecule has 10 heteroatoms. The molecule has 0 heterocycles. The minimum Gasteiger partial charge on any atom is -0.493 e. The number of nitrogens with one attached hydrogen (secondary N) is 1. The Labute approximate surface area is 179 Å². The van der Waals surface area contributed by atoms with Crippen molar-refractivity contribution in [1.82, 2.24) is 5.32 Å². The molecule has 0 aromatic heterocycles. The van der Waals surface area contributed by atoms with E-state index in [0.717, 1.165) is 0 Å². The number of carbonyl (C=O) groups excluding carboxylic acids is 2. The number of nitrogens with two attached hydrogens (primary N) is 1. The number of rotatable bonds is 12. The van der Waals surface area contributed by atoms with Crippen LogP contribution in [0, 0.1) is 10.1 Å². The van der Waals surface area contributed by atoms with E-state index in [1.165, 1.54) is 19.2 Å². The van der Waals surface area contributed by atoms with Gasteiger partial charge in [-0.15, -0.1) is 0 Å². The fourth-order valence-electron chi connectivity index (χ4n) is 2.66. The Hall–Kier alpha value is -3.66. The van der Waals surface area contributed by atoms with Crippen molar-refractivity contribution in [3.05, 3.63) is 63.7 Å². The van der Waals surface area contributed by atoms with Gasteiger partial charge >= 0.3 is 5.97 Å². The standard InChI is InChI=1S/C21H25N3O7/c1-29-18-12-16(14-31-21(26)15-6-3-2-4-7-15)17(24(27)28)13-19(18)30-11-5-8-20(25)23-10-9-22/h2-4,6-7,12-13H,5,8-11,14,22H2,1H3,(H,23,25). The molecule has 0 radical (unpaired) electrons. The lowest BCUT2D eigenvalue weighted by molar-refractivity contribution is -0.385. The highest BCUT2D eigenvalue weighted by Crippen LogP contribution is 2.35. The van der Waals surface area contributed by atoms with Gasteiger partial charge < -0.3 is 25.3 Å². The maximum atomic E-state index is 12.1. The van der Waals surface area contributed by atoms with Crippen molar-refractivity contribution < 1.29 is 28.7 Å². The van der Waals surface area contributed by atoms with E-state index in [-0.39, 0.29) is 48.3 Å². The Morgan fingerprint density at radius 1 is 1.16 bits per heavy atom. The Balaban J connectivity index is 2.05. The third kappa shape index (κ3) is 7.27. The van der Waals surface area contributed by atoms with Crippen molar-refractivity contribution in [3.8, 4) is 11.5 Å². The second-order valence-corrected chi connectivity index (χ2v) is 6.42. The first kappa shape index (κ1) is 23.6. The molecule has 31 heavy (non-hydrogen) atoms. The summed E-state index contributed by atoms with van der Waals surface area (Å²) in [6.45, 7) is 0.611. The maximum Gasteiger partial charge on any atom is 0.338 e. The summed E-state index contributed by atoms with van der Waals surface area (Å²) >= 11 is 0. The van der Waals surface area contributed by atoms with Crippen molar-refractivity contribution in [2.24, 2.45) is 5.73 Å². The first-order valence-electron chi connectivity index (χ1n) is 9.63. The van der Waals surface area contributed by atoms with Gasteiger partial charge in [0.25, 0.3) is 5.69 Å². The average Bonchev–Trinajstić information content (AvgIpc) is 2.79. The molecule has 0 aliphatic rings. The summed E-state index contributed by atoms with van der Waals surface area (Å²) in [5.74, 6) is -0.330. The van der Waals surface area contributed by atoms with E-state index in [9.17, 15) is 19.7 Å². The van der Waals surface area contributed by atoms with Crippen LogP contribution in [0.2, 0.25) is 0 Å². The largest absolute Gasteiger partial charge is 0.493 e. The first-order valence-corrected chi connectivity index (χ1v) is 9.63. The molecular weight excluding hydrogens is 406 g/mol. The van der Waals surface area contributed by atoms with Gasteiger partial charge in [0.05, 0.1) is 35.8 Å². The maximum absolute atomic E-state index is 12.1. The highest BCUT2D eigenvalue weighted by molar-refractivity contribution is 5.89. The van der Waals surface area contributed by atoms with Gasteiger partial charge in [-0.05, 0) is 24.6 Å². The minimum atomic E-state index is -0.595. The molecule has 0 fully saturated rings. The predicted molar refractivity (Wildman–Crippen MR) is 112 cm³/mol. The summed E-state index contributed by atoms with van der Waals surface area (Å²) in [5, 5.41) is 14.2. The SMILES string of the molecule is COc1cc(COC(=O)c2ccccc2)c([N+](=O)[O-])cc1OCCCC(=O)NCCN. The van der Waals surface area contributed by atoms with Gasteiger partial charge in [0.2, 0.25) is 5.91 Å². The third-order valence-corrected chi connectivity index (χ3v) is 4.20. The molecule has 10 nitrogen and oxygen atoms in total. The molecule has 0 saturated carbocycles. The second kappa shape index (κ2) is 12.1. The lowest BCUT2D eigenvalue weighted by Crippen LogP contribution is -2.29. The summed E-state index contributed by atoms with van der Waals surface area (Å²) in [6, 6.07) is 10.9. The van der Waals surface area contributed by atoms with Crippen LogP contribution >= 0.6 is 0 Å². The monoisotopic (exact) mass is 431 g/mol. The molecule has 2 rings (SSSR count). The van der Waals surface area contributed by atoms with Crippen LogP contribution in [-0.4, -0.2) is 43.6 Å². The van der Waals surface area contributed by atoms with E-state index in [0.29, 0.717) is 25.1 Å². The van der Waals surface area contributed by atoms with Gasteiger partial charge in [0.15, 0.2) is 11.5 Å². The molecular formula is C21H25N3O7. The van der Waals surface area contributed by atoms with Crippen molar-refractivity contribution in [1.29, 1.82) is 0 Å². The quantitative estimate of drug-likeness (QED) is 0.225. The van der Waals surface area contributed by atoms with Crippen LogP contribution in [0.5, 0.6) is 11.5 Å². The van der Waals surface area contributed by atoms with Crippen molar-refractivity contribution in [2.45, 2.75) is 19.4 Å². The van der Waals surface area contributed by atoms with Crippen LogP contribution in [0.4, 0.5) is 5.69 Å². The molecule has 0 unspecified atom stereocenters. The lowest BCUT2D eigenvalue weighted by atomic mass is 10.1. The normalized spacial score (nSPS) is 10.3.